The molecular weight excluding hydrogens is 216 g/mol. The molecule has 4 heteroatoms. The fraction of sp³-hybridized carbons (Fsp3) is 0.923. The molecule has 0 radical (unpaired) electrons. The normalized spacial score (nSPS) is 18.9. The van der Waals surface area contributed by atoms with Gasteiger partial charge in [0.25, 0.3) is 0 Å². The third-order valence-corrected chi connectivity index (χ3v) is 3.61. The van der Waals surface area contributed by atoms with E-state index in [1.807, 2.05) is 0 Å². The van der Waals surface area contributed by atoms with Crippen LogP contribution in [0.1, 0.15) is 44.9 Å². The second-order valence-electron chi connectivity index (χ2n) is 4.94. The number of hydrogen-bond donors (Lipinski definition) is 2. The topological polar surface area (TPSA) is 64.3 Å². The van der Waals surface area contributed by atoms with Crippen LogP contribution in [0, 0.1) is 5.92 Å². The zero-order valence-corrected chi connectivity index (χ0v) is 10.9. The summed E-state index contributed by atoms with van der Waals surface area (Å²) in [6.45, 7) is 1.19. The van der Waals surface area contributed by atoms with E-state index in [1.54, 1.807) is 7.11 Å². The fourth-order valence-corrected chi connectivity index (χ4v) is 2.43. The molecule has 0 aromatic heterocycles. The predicted molar refractivity (Wildman–Crippen MR) is 68.7 cm³/mol. The molecular formula is C13H26N2O2. The molecule has 0 heterocycles. The molecule has 0 aromatic carbocycles. The van der Waals surface area contributed by atoms with E-state index in [2.05, 4.69) is 5.32 Å². The lowest BCUT2D eigenvalue weighted by atomic mass is 9.87. The Bertz CT molecular complexity index is 211. The number of nitrogens with one attached hydrogen (secondary N) is 1. The van der Waals surface area contributed by atoms with Crippen LogP contribution in [0.25, 0.3) is 0 Å². The SMILES string of the molecule is COC(CN)CC(=O)NCCC1CCCCC1. The molecule has 1 saturated carbocycles. The van der Waals surface area contributed by atoms with E-state index in [4.69, 9.17) is 10.5 Å². The third kappa shape index (κ3) is 6.03. The molecule has 1 fully saturated rings. The first-order chi connectivity index (χ1) is 8.26. The molecule has 1 aliphatic carbocycles. The van der Waals surface area contributed by atoms with Crippen molar-refractivity contribution in [2.24, 2.45) is 11.7 Å². The van der Waals surface area contributed by atoms with E-state index < -0.39 is 0 Å². The summed E-state index contributed by atoms with van der Waals surface area (Å²) < 4.78 is 5.08. The number of amides is 1. The van der Waals surface area contributed by atoms with Gasteiger partial charge in [-0.1, -0.05) is 32.1 Å². The van der Waals surface area contributed by atoms with Crippen molar-refractivity contribution in [3.05, 3.63) is 0 Å². The standard InChI is InChI=1S/C13H26N2O2/c1-17-12(10-14)9-13(16)15-8-7-11-5-3-2-4-6-11/h11-12H,2-10,14H2,1H3,(H,15,16). The Morgan fingerprint density at radius 1 is 1.41 bits per heavy atom. The number of carbonyl (C=O) groups is 1. The number of carbonyl (C=O) groups excluding carboxylic acids is 1. The summed E-state index contributed by atoms with van der Waals surface area (Å²) in [5.41, 5.74) is 5.47. The van der Waals surface area contributed by atoms with Crippen molar-refractivity contribution in [1.29, 1.82) is 0 Å². The molecule has 0 saturated heterocycles. The van der Waals surface area contributed by atoms with E-state index in [9.17, 15) is 4.79 Å². The van der Waals surface area contributed by atoms with Crippen LogP contribution >= 0.6 is 0 Å². The van der Waals surface area contributed by atoms with Gasteiger partial charge in [0, 0.05) is 20.2 Å². The predicted octanol–water partition coefficient (Wildman–Crippen LogP) is 1.44. The lowest BCUT2D eigenvalue weighted by Gasteiger charge is -2.21. The largest absolute Gasteiger partial charge is 0.380 e. The molecule has 1 unspecified atom stereocenters. The van der Waals surface area contributed by atoms with Crippen LogP contribution in [0.3, 0.4) is 0 Å². The number of rotatable bonds is 7. The molecule has 4 nitrogen and oxygen atoms in total. The average Bonchev–Trinajstić information content (AvgIpc) is 2.37. The number of nitrogens with two attached hydrogens (primary N) is 1. The Hall–Kier alpha value is -0.610. The van der Waals surface area contributed by atoms with Crippen molar-refractivity contribution in [1.82, 2.24) is 5.32 Å². The Kier molecular flexibility index (Phi) is 7.21. The second kappa shape index (κ2) is 8.48. The van der Waals surface area contributed by atoms with Gasteiger partial charge in [-0.15, -0.1) is 0 Å². The molecule has 0 bridgehead atoms. The fourth-order valence-electron chi connectivity index (χ4n) is 2.43. The zero-order valence-electron chi connectivity index (χ0n) is 10.9. The zero-order chi connectivity index (χ0) is 12.5. The maximum Gasteiger partial charge on any atom is 0.222 e. The van der Waals surface area contributed by atoms with Crippen LogP contribution in [0.4, 0.5) is 0 Å². The molecule has 100 valence electrons. The number of ether oxygens (including phenoxy) is 1. The van der Waals surface area contributed by atoms with Crippen molar-refractivity contribution in [2.75, 3.05) is 20.2 Å². The number of methoxy groups -OCH3 is 1. The van der Waals surface area contributed by atoms with E-state index in [0.29, 0.717) is 13.0 Å². The minimum atomic E-state index is -0.148. The smallest absolute Gasteiger partial charge is 0.222 e. The van der Waals surface area contributed by atoms with Gasteiger partial charge < -0.3 is 15.8 Å². The lowest BCUT2D eigenvalue weighted by Crippen LogP contribution is -2.33. The van der Waals surface area contributed by atoms with Crippen LogP contribution in [0.2, 0.25) is 0 Å². The van der Waals surface area contributed by atoms with Crippen molar-refractivity contribution in [3.8, 4) is 0 Å². The lowest BCUT2D eigenvalue weighted by molar-refractivity contribution is -0.123. The number of hydrogen-bond acceptors (Lipinski definition) is 3. The first kappa shape index (κ1) is 14.5. The van der Waals surface area contributed by atoms with Crippen LogP contribution in [-0.4, -0.2) is 32.2 Å². The summed E-state index contributed by atoms with van der Waals surface area (Å²) in [7, 11) is 1.59. The van der Waals surface area contributed by atoms with E-state index in [1.165, 1.54) is 32.1 Å². The highest BCUT2D eigenvalue weighted by Gasteiger charge is 2.14. The summed E-state index contributed by atoms with van der Waals surface area (Å²) >= 11 is 0. The quantitative estimate of drug-likeness (QED) is 0.710. The molecule has 3 N–H and O–H groups in total. The van der Waals surface area contributed by atoms with Gasteiger partial charge in [0.2, 0.25) is 5.91 Å². The molecule has 1 amide bonds. The van der Waals surface area contributed by atoms with Gasteiger partial charge in [0.05, 0.1) is 12.5 Å². The summed E-state index contributed by atoms with van der Waals surface area (Å²) in [6.07, 6.45) is 8.11. The summed E-state index contributed by atoms with van der Waals surface area (Å²) in [4.78, 5) is 11.6. The van der Waals surface area contributed by atoms with E-state index in [0.717, 1.165) is 18.9 Å². The van der Waals surface area contributed by atoms with Crippen LogP contribution < -0.4 is 11.1 Å². The molecule has 1 aliphatic rings. The van der Waals surface area contributed by atoms with Gasteiger partial charge >= 0.3 is 0 Å². The average molecular weight is 242 g/mol. The minimum absolute atomic E-state index is 0.0538. The molecule has 0 aliphatic heterocycles. The maximum absolute atomic E-state index is 11.6. The molecule has 0 aromatic rings. The molecule has 1 rings (SSSR count). The van der Waals surface area contributed by atoms with Gasteiger partial charge in [0.15, 0.2) is 0 Å². The highest BCUT2D eigenvalue weighted by molar-refractivity contribution is 5.76. The summed E-state index contributed by atoms with van der Waals surface area (Å²) in [5.74, 6) is 0.870. The Morgan fingerprint density at radius 2 is 2.12 bits per heavy atom. The van der Waals surface area contributed by atoms with Gasteiger partial charge in [-0.25, -0.2) is 0 Å². The monoisotopic (exact) mass is 242 g/mol. The highest BCUT2D eigenvalue weighted by atomic mass is 16.5. The van der Waals surface area contributed by atoms with Crippen LogP contribution in [0.15, 0.2) is 0 Å². The Morgan fingerprint density at radius 3 is 2.71 bits per heavy atom. The Labute approximate surface area is 104 Å². The molecule has 17 heavy (non-hydrogen) atoms. The highest BCUT2D eigenvalue weighted by Crippen LogP contribution is 2.25. The van der Waals surface area contributed by atoms with Gasteiger partial charge in [-0.2, -0.15) is 0 Å². The van der Waals surface area contributed by atoms with Crippen LogP contribution in [0.5, 0.6) is 0 Å². The van der Waals surface area contributed by atoms with Crippen molar-refractivity contribution >= 4 is 5.91 Å². The van der Waals surface area contributed by atoms with E-state index >= 15 is 0 Å². The second-order valence-corrected chi connectivity index (χ2v) is 4.94. The first-order valence-electron chi connectivity index (χ1n) is 6.75. The molecule has 0 spiro atoms. The minimum Gasteiger partial charge on any atom is -0.380 e. The summed E-state index contributed by atoms with van der Waals surface area (Å²) in [6, 6.07) is 0. The Balaban J connectivity index is 2.06. The van der Waals surface area contributed by atoms with E-state index in [-0.39, 0.29) is 12.0 Å². The van der Waals surface area contributed by atoms with Gasteiger partial charge in [0.1, 0.15) is 0 Å². The third-order valence-electron chi connectivity index (χ3n) is 3.61. The molecule has 1 atom stereocenters. The van der Waals surface area contributed by atoms with Crippen LogP contribution in [-0.2, 0) is 9.53 Å². The van der Waals surface area contributed by atoms with Crippen molar-refractivity contribution in [2.45, 2.75) is 51.0 Å². The first-order valence-corrected chi connectivity index (χ1v) is 6.75. The summed E-state index contributed by atoms with van der Waals surface area (Å²) in [5, 5.41) is 2.95. The maximum atomic E-state index is 11.6. The van der Waals surface area contributed by atoms with Crippen molar-refractivity contribution < 1.29 is 9.53 Å². The van der Waals surface area contributed by atoms with Gasteiger partial charge in [-0.3, -0.25) is 4.79 Å². The van der Waals surface area contributed by atoms with Crippen molar-refractivity contribution in [3.63, 3.8) is 0 Å². The van der Waals surface area contributed by atoms with Gasteiger partial charge in [-0.05, 0) is 12.3 Å².